The molecule has 0 aliphatic rings. The van der Waals surface area contributed by atoms with Gasteiger partial charge in [0.25, 0.3) is 0 Å². The Hall–Kier alpha value is -2.24. The van der Waals surface area contributed by atoms with Gasteiger partial charge in [-0.1, -0.05) is 87.0 Å². The second-order valence-electron chi connectivity index (χ2n) is 6.16. The molecule has 0 atom stereocenters. The summed E-state index contributed by atoms with van der Waals surface area (Å²) in [5.74, 6) is 0. The van der Waals surface area contributed by atoms with Crippen LogP contribution in [0.5, 0.6) is 0 Å². The van der Waals surface area contributed by atoms with E-state index >= 15 is 0 Å². The van der Waals surface area contributed by atoms with Gasteiger partial charge in [0.1, 0.15) is 13.2 Å². The topological polar surface area (TPSA) is 43.2 Å². The summed E-state index contributed by atoms with van der Waals surface area (Å²) in [5, 5.41) is 10.2. The van der Waals surface area contributed by atoms with Crippen LogP contribution in [0.1, 0.15) is 22.3 Å². The summed E-state index contributed by atoms with van der Waals surface area (Å²) in [6, 6.07) is 18.0. The number of hydrogen-bond donors (Lipinski definition) is 0. The third-order valence-corrected chi connectivity index (χ3v) is 5.11. The van der Waals surface area contributed by atoms with E-state index < -0.39 is 0 Å². The van der Waals surface area contributed by atoms with Crippen molar-refractivity contribution in [2.24, 2.45) is 10.3 Å². The van der Waals surface area contributed by atoms with Crippen molar-refractivity contribution < 1.29 is 9.68 Å². The molecule has 0 radical (unpaired) electrons. The quantitative estimate of drug-likeness (QED) is 0.248. The summed E-state index contributed by atoms with van der Waals surface area (Å²) in [6.45, 7) is 0.490. The molecule has 0 N–H and O–H groups in total. The van der Waals surface area contributed by atoms with Crippen LogP contribution >= 0.6 is 46.4 Å². The standard InChI is InChI=1S/C22H16Cl4N2O2/c23-19-6-4-17(21(25)9-19)13-29-27-11-15-2-1-3-16(8-15)12-28-30-14-18-5-7-20(24)10-22(18)26/h1-12H,13-14H2/b27-11+,28-12+. The fraction of sp³-hybridized carbons (Fsp3) is 0.0909. The molecule has 3 aromatic carbocycles. The molecule has 0 amide bonds. The first-order valence-electron chi connectivity index (χ1n) is 8.80. The zero-order valence-corrected chi connectivity index (χ0v) is 18.6. The molecule has 0 saturated carbocycles. The maximum Gasteiger partial charge on any atom is 0.143 e. The van der Waals surface area contributed by atoms with E-state index in [4.69, 9.17) is 56.1 Å². The van der Waals surface area contributed by atoms with Crippen LogP contribution in [0, 0.1) is 0 Å². The lowest BCUT2D eigenvalue weighted by Gasteiger charge is -2.03. The van der Waals surface area contributed by atoms with Crippen LogP contribution in [0.3, 0.4) is 0 Å². The van der Waals surface area contributed by atoms with E-state index in [1.165, 1.54) is 0 Å². The molecular formula is C22H16Cl4N2O2. The first-order chi connectivity index (χ1) is 14.5. The van der Waals surface area contributed by atoms with E-state index in [1.807, 2.05) is 24.3 Å². The maximum atomic E-state index is 6.11. The number of rotatable bonds is 8. The Morgan fingerprint density at radius 3 is 1.53 bits per heavy atom. The highest BCUT2D eigenvalue weighted by Crippen LogP contribution is 2.22. The normalized spacial score (nSPS) is 11.3. The first-order valence-corrected chi connectivity index (χ1v) is 10.3. The lowest BCUT2D eigenvalue weighted by Crippen LogP contribution is -1.92. The molecule has 0 aliphatic carbocycles. The third-order valence-electron chi connectivity index (χ3n) is 3.93. The van der Waals surface area contributed by atoms with E-state index in [-0.39, 0.29) is 13.2 Å². The summed E-state index contributed by atoms with van der Waals surface area (Å²) in [5.41, 5.74) is 3.30. The predicted molar refractivity (Wildman–Crippen MR) is 124 cm³/mol. The van der Waals surface area contributed by atoms with Crippen molar-refractivity contribution in [3.63, 3.8) is 0 Å². The highest BCUT2D eigenvalue weighted by atomic mass is 35.5. The number of nitrogens with zero attached hydrogens (tertiary/aromatic N) is 2. The molecule has 0 spiro atoms. The van der Waals surface area contributed by atoms with Crippen LogP contribution in [-0.2, 0) is 22.9 Å². The average Bonchev–Trinajstić information content (AvgIpc) is 2.71. The van der Waals surface area contributed by atoms with Gasteiger partial charge in [0.15, 0.2) is 0 Å². The molecule has 30 heavy (non-hydrogen) atoms. The van der Waals surface area contributed by atoms with Crippen molar-refractivity contribution in [3.05, 3.63) is 103 Å². The van der Waals surface area contributed by atoms with Crippen molar-refractivity contribution in [1.29, 1.82) is 0 Å². The third kappa shape index (κ3) is 6.92. The summed E-state index contributed by atoms with van der Waals surface area (Å²) in [6.07, 6.45) is 3.21. The molecule has 0 saturated heterocycles. The average molecular weight is 482 g/mol. The van der Waals surface area contributed by atoms with Gasteiger partial charge in [0.05, 0.1) is 12.4 Å². The SMILES string of the molecule is Clc1ccc(CO/N=C/c2cccc(/C=N/OCc3ccc(Cl)cc3Cl)c2)c(Cl)c1. The molecule has 4 nitrogen and oxygen atoms in total. The van der Waals surface area contributed by atoms with E-state index in [0.29, 0.717) is 20.1 Å². The van der Waals surface area contributed by atoms with Crippen LogP contribution in [0.25, 0.3) is 0 Å². The second kappa shape index (κ2) is 11.2. The fourth-order valence-corrected chi connectivity index (χ4v) is 3.33. The predicted octanol–water partition coefficient (Wildman–Crippen LogP) is 7.40. The van der Waals surface area contributed by atoms with Gasteiger partial charge in [-0.15, -0.1) is 0 Å². The van der Waals surface area contributed by atoms with Gasteiger partial charge in [-0.05, 0) is 41.5 Å². The lowest BCUT2D eigenvalue weighted by molar-refractivity contribution is 0.132. The van der Waals surface area contributed by atoms with Crippen molar-refractivity contribution in [1.82, 2.24) is 0 Å². The monoisotopic (exact) mass is 480 g/mol. The van der Waals surface area contributed by atoms with Crippen LogP contribution in [0.15, 0.2) is 71.0 Å². The summed E-state index contributed by atoms with van der Waals surface area (Å²) >= 11 is 24.0. The van der Waals surface area contributed by atoms with Crippen molar-refractivity contribution >= 4 is 58.8 Å². The lowest BCUT2D eigenvalue weighted by atomic mass is 10.1. The zero-order valence-electron chi connectivity index (χ0n) is 15.6. The van der Waals surface area contributed by atoms with Gasteiger partial charge >= 0.3 is 0 Å². The first kappa shape index (κ1) is 22.4. The minimum absolute atomic E-state index is 0.245. The molecule has 8 heteroatoms. The Morgan fingerprint density at radius 2 is 1.10 bits per heavy atom. The van der Waals surface area contributed by atoms with Gasteiger partial charge < -0.3 is 9.68 Å². The zero-order chi connectivity index (χ0) is 21.3. The highest BCUT2D eigenvalue weighted by molar-refractivity contribution is 6.35. The molecule has 0 fully saturated rings. The molecule has 3 aromatic rings. The smallest absolute Gasteiger partial charge is 0.143 e. The van der Waals surface area contributed by atoms with E-state index in [1.54, 1.807) is 48.8 Å². The van der Waals surface area contributed by atoms with Gasteiger partial charge in [-0.25, -0.2) is 0 Å². The van der Waals surface area contributed by atoms with Crippen LogP contribution in [-0.4, -0.2) is 12.4 Å². The highest BCUT2D eigenvalue weighted by Gasteiger charge is 2.02. The van der Waals surface area contributed by atoms with Crippen LogP contribution in [0.2, 0.25) is 20.1 Å². The molecule has 0 unspecified atom stereocenters. The number of oxime groups is 2. The van der Waals surface area contributed by atoms with Crippen LogP contribution < -0.4 is 0 Å². The van der Waals surface area contributed by atoms with Gasteiger partial charge in [-0.3, -0.25) is 0 Å². The molecule has 0 bridgehead atoms. The van der Waals surface area contributed by atoms with E-state index in [9.17, 15) is 0 Å². The largest absolute Gasteiger partial charge is 0.391 e. The molecular weight excluding hydrogens is 466 g/mol. The minimum atomic E-state index is 0.245. The summed E-state index contributed by atoms with van der Waals surface area (Å²) in [7, 11) is 0. The maximum absolute atomic E-state index is 6.11. The second-order valence-corrected chi connectivity index (χ2v) is 7.84. The van der Waals surface area contributed by atoms with E-state index in [0.717, 1.165) is 22.3 Å². The van der Waals surface area contributed by atoms with Crippen LogP contribution in [0.4, 0.5) is 0 Å². The Labute approximate surface area is 194 Å². The van der Waals surface area contributed by atoms with Gasteiger partial charge in [-0.2, -0.15) is 0 Å². The number of hydrogen-bond acceptors (Lipinski definition) is 4. The Bertz CT molecular complexity index is 990. The summed E-state index contributed by atoms with van der Waals surface area (Å²) < 4.78 is 0. The Kier molecular flexibility index (Phi) is 8.40. The van der Waals surface area contributed by atoms with Gasteiger partial charge in [0.2, 0.25) is 0 Å². The Morgan fingerprint density at radius 1 is 0.633 bits per heavy atom. The fourth-order valence-electron chi connectivity index (χ4n) is 2.41. The van der Waals surface area contributed by atoms with Crippen molar-refractivity contribution in [2.75, 3.05) is 0 Å². The molecule has 3 rings (SSSR count). The van der Waals surface area contributed by atoms with Crippen molar-refractivity contribution in [2.45, 2.75) is 13.2 Å². The number of benzene rings is 3. The van der Waals surface area contributed by atoms with E-state index in [2.05, 4.69) is 10.3 Å². The molecule has 154 valence electrons. The summed E-state index contributed by atoms with van der Waals surface area (Å²) in [4.78, 5) is 10.6. The minimum Gasteiger partial charge on any atom is -0.391 e. The van der Waals surface area contributed by atoms with Crippen molar-refractivity contribution in [3.8, 4) is 0 Å². The van der Waals surface area contributed by atoms with Gasteiger partial charge in [0, 0.05) is 31.2 Å². The number of halogens is 4. The Balaban J connectivity index is 1.51. The molecule has 0 heterocycles. The molecule has 0 aromatic heterocycles. The molecule has 0 aliphatic heterocycles.